The highest BCUT2D eigenvalue weighted by Gasteiger charge is 2.40. The SMILES string of the molecule is CCN(C(=S)N[C@H]1C[C@H]2CC[C@H]1C2)[C@@H](C)c1cccc(O)c1. The second kappa shape index (κ2) is 6.45. The standard InChI is InChI=1S/C18H26N2OS/c1-3-20(12(2)14-5-4-6-16(21)11-14)18(22)19-17-10-13-7-8-15(17)9-13/h4-6,11-13,15,17,21H,3,7-10H2,1-2H3,(H,19,22)/t12-,13-,15-,17-/m0/s1. The lowest BCUT2D eigenvalue weighted by Gasteiger charge is -2.34. The number of thiocarbonyl (C=S) groups is 1. The smallest absolute Gasteiger partial charge is 0.169 e. The van der Waals surface area contributed by atoms with E-state index in [0.29, 0.717) is 11.8 Å². The van der Waals surface area contributed by atoms with E-state index in [9.17, 15) is 5.11 Å². The highest BCUT2D eigenvalue weighted by Crippen LogP contribution is 2.44. The minimum atomic E-state index is 0.163. The molecule has 2 N–H and O–H groups in total. The molecule has 1 aromatic rings. The van der Waals surface area contributed by atoms with Crippen molar-refractivity contribution in [3.05, 3.63) is 29.8 Å². The number of benzene rings is 1. The van der Waals surface area contributed by atoms with E-state index in [0.717, 1.165) is 29.1 Å². The van der Waals surface area contributed by atoms with Crippen molar-refractivity contribution in [1.82, 2.24) is 10.2 Å². The van der Waals surface area contributed by atoms with E-state index in [1.54, 1.807) is 6.07 Å². The van der Waals surface area contributed by atoms with Crippen molar-refractivity contribution in [2.75, 3.05) is 6.54 Å². The van der Waals surface area contributed by atoms with Crippen molar-refractivity contribution >= 4 is 17.3 Å². The largest absolute Gasteiger partial charge is 0.508 e. The first-order valence-corrected chi connectivity index (χ1v) is 8.85. The molecule has 4 atom stereocenters. The van der Waals surface area contributed by atoms with Crippen molar-refractivity contribution in [2.24, 2.45) is 11.8 Å². The van der Waals surface area contributed by atoms with Crippen LogP contribution in [0.15, 0.2) is 24.3 Å². The van der Waals surface area contributed by atoms with Crippen molar-refractivity contribution < 1.29 is 5.11 Å². The molecular formula is C18H26N2OS. The number of hydrogen-bond donors (Lipinski definition) is 2. The van der Waals surface area contributed by atoms with Gasteiger partial charge in [0.1, 0.15) is 5.75 Å². The van der Waals surface area contributed by atoms with Crippen LogP contribution in [0.5, 0.6) is 5.75 Å². The average Bonchev–Trinajstić information content (AvgIpc) is 3.10. The molecule has 0 saturated heterocycles. The van der Waals surface area contributed by atoms with Gasteiger partial charge in [-0.25, -0.2) is 0 Å². The van der Waals surface area contributed by atoms with Crippen LogP contribution in [0, 0.1) is 11.8 Å². The number of phenols is 1. The molecule has 3 rings (SSSR count). The summed E-state index contributed by atoms with van der Waals surface area (Å²) in [6.07, 6.45) is 5.43. The third kappa shape index (κ3) is 3.07. The predicted octanol–water partition coefficient (Wildman–Crippen LogP) is 3.84. The van der Waals surface area contributed by atoms with Crippen LogP contribution in [-0.2, 0) is 0 Å². The zero-order valence-corrected chi connectivity index (χ0v) is 14.3. The van der Waals surface area contributed by atoms with Gasteiger partial charge in [0, 0.05) is 12.6 Å². The Hall–Kier alpha value is -1.29. The van der Waals surface area contributed by atoms with Gasteiger partial charge < -0.3 is 15.3 Å². The van der Waals surface area contributed by atoms with Crippen molar-refractivity contribution in [3.8, 4) is 5.75 Å². The molecule has 2 bridgehead atoms. The molecule has 0 radical (unpaired) electrons. The molecule has 0 amide bonds. The van der Waals surface area contributed by atoms with Gasteiger partial charge in [-0.2, -0.15) is 0 Å². The number of nitrogens with zero attached hydrogens (tertiary/aromatic N) is 1. The first-order chi connectivity index (χ1) is 10.6. The second-order valence-electron chi connectivity index (χ2n) is 6.79. The van der Waals surface area contributed by atoms with Crippen LogP contribution < -0.4 is 5.32 Å². The maximum Gasteiger partial charge on any atom is 0.169 e. The molecule has 1 aromatic carbocycles. The summed E-state index contributed by atoms with van der Waals surface area (Å²) in [7, 11) is 0. The Morgan fingerprint density at radius 2 is 2.23 bits per heavy atom. The van der Waals surface area contributed by atoms with Crippen LogP contribution >= 0.6 is 12.2 Å². The Balaban J connectivity index is 1.66. The van der Waals surface area contributed by atoms with Gasteiger partial charge in [0.05, 0.1) is 6.04 Å². The number of nitrogens with one attached hydrogen (secondary N) is 1. The van der Waals surface area contributed by atoms with Crippen LogP contribution in [0.2, 0.25) is 0 Å². The summed E-state index contributed by atoms with van der Waals surface area (Å²) in [5, 5.41) is 14.2. The molecule has 120 valence electrons. The summed E-state index contributed by atoms with van der Waals surface area (Å²) in [5.74, 6) is 2.05. The van der Waals surface area contributed by atoms with E-state index in [-0.39, 0.29) is 6.04 Å². The summed E-state index contributed by atoms with van der Waals surface area (Å²) >= 11 is 5.69. The van der Waals surface area contributed by atoms with Crippen LogP contribution in [0.3, 0.4) is 0 Å². The van der Waals surface area contributed by atoms with Gasteiger partial charge in [-0.05, 0) is 74.9 Å². The van der Waals surface area contributed by atoms with E-state index in [4.69, 9.17) is 12.2 Å². The third-order valence-electron chi connectivity index (χ3n) is 5.47. The van der Waals surface area contributed by atoms with E-state index in [1.165, 1.54) is 25.7 Å². The molecular weight excluding hydrogens is 292 g/mol. The fraction of sp³-hybridized carbons (Fsp3) is 0.611. The molecule has 2 aliphatic rings. The third-order valence-corrected chi connectivity index (χ3v) is 5.82. The second-order valence-corrected chi connectivity index (χ2v) is 7.17. The summed E-state index contributed by atoms with van der Waals surface area (Å²) in [6.45, 7) is 5.14. The Kier molecular flexibility index (Phi) is 4.57. The van der Waals surface area contributed by atoms with E-state index < -0.39 is 0 Å². The minimum Gasteiger partial charge on any atom is -0.508 e. The zero-order valence-electron chi connectivity index (χ0n) is 13.5. The predicted molar refractivity (Wildman–Crippen MR) is 93.9 cm³/mol. The summed E-state index contributed by atoms with van der Waals surface area (Å²) in [5.41, 5.74) is 1.10. The van der Waals surface area contributed by atoms with Gasteiger partial charge in [-0.1, -0.05) is 18.6 Å². The Morgan fingerprint density at radius 1 is 1.41 bits per heavy atom. The van der Waals surface area contributed by atoms with Gasteiger partial charge in [0.25, 0.3) is 0 Å². The lowest BCUT2D eigenvalue weighted by molar-refractivity contribution is 0.323. The average molecular weight is 318 g/mol. The van der Waals surface area contributed by atoms with Gasteiger partial charge in [-0.3, -0.25) is 0 Å². The Bertz CT molecular complexity index is 548. The molecule has 0 unspecified atom stereocenters. The Labute approximate surface area is 138 Å². The molecule has 0 spiro atoms. The van der Waals surface area contributed by atoms with E-state index in [1.807, 2.05) is 18.2 Å². The molecule has 2 fully saturated rings. The summed E-state index contributed by atoms with van der Waals surface area (Å²) in [6, 6.07) is 8.20. The monoisotopic (exact) mass is 318 g/mol. The lowest BCUT2D eigenvalue weighted by Crippen LogP contribution is -2.47. The molecule has 22 heavy (non-hydrogen) atoms. The first-order valence-electron chi connectivity index (χ1n) is 8.44. The quantitative estimate of drug-likeness (QED) is 0.827. The maximum atomic E-state index is 9.69. The topological polar surface area (TPSA) is 35.5 Å². The summed E-state index contributed by atoms with van der Waals surface area (Å²) in [4.78, 5) is 2.22. The van der Waals surface area contributed by atoms with E-state index >= 15 is 0 Å². The van der Waals surface area contributed by atoms with Gasteiger partial charge in [0.15, 0.2) is 5.11 Å². The van der Waals surface area contributed by atoms with Crippen molar-refractivity contribution in [1.29, 1.82) is 0 Å². The summed E-state index contributed by atoms with van der Waals surface area (Å²) < 4.78 is 0. The number of hydrogen-bond acceptors (Lipinski definition) is 2. The van der Waals surface area contributed by atoms with E-state index in [2.05, 4.69) is 24.1 Å². The fourth-order valence-electron chi connectivity index (χ4n) is 4.22. The maximum absolute atomic E-state index is 9.69. The molecule has 0 aromatic heterocycles. The molecule has 3 nitrogen and oxygen atoms in total. The highest BCUT2D eigenvalue weighted by molar-refractivity contribution is 7.80. The minimum absolute atomic E-state index is 0.163. The zero-order chi connectivity index (χ0) is 15.7. The Morgan fingerprint density at radius 3 is 2.82 bits per heavy atom. The van der Waals surface area contributed by atoms with Crippen molar-refractivity contribution in [2.45, 2.75) is 51.6 Å². The number of aromatic hydroxyl groups is 1. The van der Waals surface area contributed by atoms with Crippen molar-refractivity contribution in [3.63, 3.8) is 0 Å². The van der Waals surface area contributed by atoms with Gasteiger partial charge in [0.2, 0.25) is 0 Å². The van der Waals surface area contributed by atoms with Gasteiger partial charge >= 0.3 is 0 Å². The molecule has 0 aliphatic heterocycles. The number of rotatable bonds is 4. The highest BCUT2D eigenvalue weighted by atomic mass is 32.1. The molecule has 0 heterocycles. The first kappa shape index (κ1) is 15.6. The normalized spacial score (nSPS) is 27.6. The number of fused-ring (bicyclic) bond motifs is 2. The van der Waals surface area contributed by atoms with Gasteiger partial charge in [-0.15, -0.1) is 0 Å². The fourth-order valence-corrected chi connectivity index (χ4v) is 4.66. The lowest BCUT2D eigenvalue weighted by atomic mass is 9.95. The van der Waals surface area contributed by atoms with Crippen LogP contribution in [0.4, 0.5) is 0 Å². The van der Waals surface area contributed by atoms with Crippen LogP contribution in [0.1, 0.15) is 51.1 Å². The molecule has 4 heteroatoms. The molecule has 2 saturated carbocycles. The van der Waals surface area contributed by atoms with Crippen LogP contribution in [-0.4, -0.2) is 27.7 Å². The molecule has 2 aliphatic carbocycles. The number of phenolic OH excluding ortho intramolecular Hbond substituents is 1. The van der Waals surface area contributed by atoms with Crippen LogP contribution in [0.25, 0.3) is 0 Å².